The van der Waals surface area contributed by atoms with E-state index in [1.807, 2.05) is 78.2 Å². The molecule has 1 aromatic heterocycles. The van der Waals surface area contributed by atoms with Gasteiger partial charge in [-0.05, 0) is 39.8 Å². The van der Waals surface area contributed by atoms with E-state index in [-0.39, 0.29) is 17.2 Å². The lowest BCUT2D eigenvalue weighted by molar-refractivity contribution is 0.0950. The lowest BCUT2D eigenvalue weighted by atomic mass is 9.86. The van der Waals surface area contributed by atoms with Crippen LogP contribution >= 0.6 is 11.3 Å². The maximum atomic E-state index is 13.4. The molecular weight excluding hydrogens is 514 g/mol. The van der Waals surface area contributed by atoms with Crippen molar-refractivity contribution in [1.82, 2.24) is 10.3 Å². The lowest BCUT2D eigenvalue weighted by Gasteiger charge is -2.19. The van der Waals surface area contributed by atoms with Gasteiger partial charge in [-0.3, -0.25) is 14.9 Å². The molecule has 0 saturated carbocycles. The Balaban J connectivity index is 1.33. The molecule has 200 valence electrons. The molecule has 5 aromatic rings. The summed E-state index contributed by atoms with van der Waals surface area (Å²) in [5.41, 5.74) is 6.61. The number of nitrogens with one attached hydrogen (secondary N) is 2. The summed E-state index contributed by atoms with van der Waals surface area (Å²) in [7, 11) is 0. The fourth-order valence-corrected chi connectivity index (χ4v) is 5.19. The van der Waals surface area contributed by atoms with Crippen molar-refractivity contribution in [3.05, 3.63) is 131 Å². The van der Waals surface area contributed by atoms with Gasteiger partial charge in [-0.2, -0.15) is 0 Å². The Hall–Kier alpha value is -4.55. The van der Waals surface area contributed by atoms with E-state index in [9.17, 15) is 9.59 Å². The van der Waals surface area contributed by atoms with E-state index >= 15 is 0 Å². The molecule has 0 aliphatic heterocycles. The molecule has 2 N–H and O–H groups in total. The van der Waals surface area contributed by atoms with Crippen LogP contribution in [0.5, 0.6) is 0 Å². The van der Waals surface area contributed by atoms with Crippen LogP contribution in [0.1, 0.15) is 52.6 Å². The minimum Gasteiger partial charge on any atom is -0.348 e. The van der Waals surface area contributed by atoms with E-state index < -0.39 is 0 Å². The quantitative estimate of drug-likeness (QED) is 0.218. The molecule has 5 rings (SSSR count). The van der Waals surface area contributed by atoms with E-state index in [0.29, 0.717) is 34.1 Å². The van der Waals surface area contributed by atoms with Crippen LogP contribution in [0.25, 0.3) is 22.4 Å². The molecule has 0 bridgehead atoms. The standard InChI is InChI=1S/C34H31N3O2S/c1-34(2,3)25-19-17-24(18-20-25)26-13-7-9-15-28(26)32(39)37-33-36-30(22-40-33)27-14-8-10-16-29(27)31(38)35-21-23-11-5-4-6-12-23/h4-20,22H,21H2,1-3H3,(H,35,38)(H,36,37,39). The summed E-state index contributed by atoms with van der Waals surface area (Å²) in [4.78, 5) is 31.0. The first kappa shape index (κ1) is 27.0. The SMILES string of the molecule is CC(C)(C)c1ccc(-c2ccccc2C(=O)Nc2nc(-c3ccccc3C(=O)NCc3ccccc3)cs2)cc1. The first-order valence-electron chi connectivity index (χ1n) is 13.2. The van der Waals surface area contributed by atoms with Crippen LogP contribution in [-0.4, -0.2) is 16.8 Å². The number of anilines is 1. The summed E-state index contributed by atoms with van der Waals surface area (Å²) in [6.45, 7) is 6.98. The molecule has 4 aromatic carbocycles. The highest BCUT2D eigenvalue weighted by Gasteiger charge is 2.18. The summed E-state index contributed by atoms with van der Waals surface area (Å²) in [6.07, 6.45) is 0. The second kappa shape index (κ2) is 11.7. The van der Waals surface area contributed by atoms with Gasteiger partial charge < -0.3 is 5.32 Å². The van der Waals surface area contributed by atoms with Crippen LogP contribution in [0.15, 0.2) is 109 Å². The van der Waals surface area contributed by atoms with E-state index in [4.69, 9.17) is 0 Å². The lowest BCUT2D eigenvalue weighted by Crippen LogP contribution is -2.23. The van der Waals surface area contributed by atoms with Crippen molar-refractivity contribution in [2.45, 2.75) is 32.7 Å². The molecule has 0 spiro atoms. The monoisotopic (exact) mass is 545 g/mol. The van der Waals surface area contributed by atoms with E-state index in [2.05, 4.69) is 60.7 Å². The second-order valence-corrected chi connectivity index (χ2v) is 11.4. The van der Waals surface area contributed by atoms with Gasteiger partial charge in [-0.1, -0.05) is 112 Å². The van der Waals surface area contributed by atoms with Crippen molar-refractivity contribution >= 4 is 28.3 Å². The van der Waals surface area contributed by atoms with Gasteiger partial charge in [0, 0.05) is 28.6 Å². The highest BCUT2D eigenvalue weighted by molar-refractivity contribution is 7.14. The minimum absolute atomic E-state index is 0.0547. The number of amides is 2. The van der Waals surface area contributed by atoms with Gasteiger partial charge in [0.05, 0.1) is 5.69 Å². The largest absolute Gasteiger partial charge is 0.348 e. The highest BCUT2D eigenvalue weighted by Crippen LogP contribution is 2.31. The summed E-state index contributed by atoms with van der Waals surface area (Å²) in [5, 5.41) is 8.27. The molecule has 6 heteroatoms. The van der Waals surface area contributed by atoms with Crippen LogP contribution in [0, 0.1) is 0 Å². The van der Waals surface area contributed by atoms with Gasteiger partial charge >= 0.3 is 0 Å². The molecule has 5 nitrogen and oxygen atoms in total. The van der Waals surface area contributed by atoms with E-state index in [1.165, 1.54) is 16.9 Å². The van der Waals surface area contributed by atoms with E-state index in [1.54, 1.807) is 6.07 Å². The average Bonchev–Trinajstić information content (AvgIpc) is 3.44. The van der Waals surface area contributed by atoms with Crippen molar-refractivity contribution in [3.63, 3.8) is 0 Å². The van der Waals surface area contributed by atoms with Crippen LogP contribution in [0.3, 0.4) is 0 Å². The maximum Gasteiger partial charge on any atom is 0.258 e. The Morgan fingerprint density at radius 1 is 0.725 bits per heavy atom. The minimum atomic E-state index is -0.231. The first-order chi connectivity index (χ1) is 19.3. The molecule has 0 aliphatic rings. The molecule has 0 atom stereocenters. The molecule has 2 amide bonds. The average molecular weight is 546 g/mol. The third kappa shape index (κ3) is 6.19. The summed E-state index contributed by atoms with van der Waals surface area (Å²) in [6, 6.07) is 33.1. The molecule has 0 aliphatic carbocycles. The molecule has 40 heavy (non-hydrogen) atoms. The van der Waals surface area contributed by atoms with Crippen LogP contribution in [-0.2, 0) is 12.0 Å². The van der Waals surface area contributed by atoms with Gasteiger partial charge in [0.1, 0.15) is 0 Å². The predicted octanol–water partition coefficient (Wildman–Crippen LogP) is 7.96. The Bertz CT molecular complexity index is 1630. The topological polar surface area (TPSA) is 71.1 Å². The number of hydrogen-bond acceptors (Lipinski definition) is 4. The zero-order chi connectivity index (χ0) is 28.1. The Morgan fingerprint density at radius 2 is 1.32 bits per heavy atom. The fraction of sp³-hybridized carbons (Fsp3) is 0.147. The molecule has 0 unspecified atom stereocenters. The van der Waals surface area contributed by atoms with Gasteiger partial charge in [0.25, 0.3) is 11.8 Å². The number of aromatic nitrogens is 1. The van der Waals surface area contributed by atoms with Crippen LogP contribution in [0.2, 0.25) is 0 Å². The smallest absolute Gasteiger partial charge is 0.258 e. The van der Waals surface area contributed by atoms with Crippen molar-refractivity contribution in [2.24, 2.45) is 0 Å². The summed E-state index contributed by atoms with van der Waals surface area (Å²) >= 11 is 1.33. The molecule has 0 saturated heterocycles. The van der Waals surface area contributed by atoms with Gasteiger partial charge in [0.15, 0.2) is 5.13 Å². The van der Waals surface area contributed by atoms with Crippen molar-refractivity contribution in [3.8, 4) is 22.4 Å². The second-order valence-electron chi connectivity index (χ2n) is 10.6. The molecular formula is C34H31N3O2S. The van der Waals surface area contributed by atoms with Crippen LogP contribution in [0.4, 0.5) is 5.13 Å². The van der Waals surface area contributed by atoms with Crippen molar-refractivity contribution in [2.75, 3.05) is 5.32 Å². The van der Waals surface area contributed by atoms with Gasteiger partial charge in [-0.25, -0.2) is 4.98 Å². The summed E-state index contributed by atoms with van der Waals surface area (Å²) in [5.74, 6) is -0.408. The predicted molar refractivity (Wildman–Crippen MR) is 164 cm³/mol. The zero-order valence-electron chi connectivity index (χ0n) is 22.8. The number of carbonyl (C=O) groups is 2. The molecule has 0 radical (unpaired) electrons. The Morgan fingerprint density at radius 3 is 2.00 bits per heavy atom. The van der Waals surface area contributed by atoms with Crippen molar-refractivity contribution in [1.29, 1.82) is 0 Å². The zero-order valence-corrected chi connectivity index (χ0v) is 23.6. The van der Waals surface area contributed by atoms with E-state index in [0.717, 1.165) is 16.7 Å². The number of benzene rings is 4. The summed E-state index contributed by atoms with van der Waals surface area (Å²) < 4.78 is 0. The van der Waals surface area contributed by atoms with Gasteiger partial charge in [-0.15, -0.1) is 11.3 Å². The van der Waals surface area contributed by atoms with Crippen LogP contribution < -0.4 is 10.6 Å². The van der Waals surface area contributed by atoms with Gasteiger partial charge in [0.2, 0.25) is 0 Å². The third-order valence-corrected chi connectivity index (χ3v) is 7.46. The fourth-order valence-electron chi connectivity index (χ4n) is 4.48. The third-order valence-electron chi connectivity index (χ3n) is 6.70. The Labute approximate surface area is 238 Å². The normalized spacial score (nSPS) is 11.2. The number of nitrogens with zero attached hydrogens (tertiary/aromatic N) is 1. The number of hydrogen-bond donors (Lipinski definition) is 2. The highest BCUT2D eigenvalue weighted by atomic mass is 32.1. The first-order valence-corrected chi connectivity index (χ1v) is 14.1. The number of rotatable bonds is 7. The maximum absolute atomic E-state index is 13.4. The molecule has 0 fully saturated rings. The number of thiazole rings is 1. The van der Waals surface area contributed by atoms with Crippen molar-refractivity contribution < 1.29 is 9.59 Å². The molecule has 1 heterocycles. The number of carbonyl (C=O) groups excluding carboxylic acids is 2. The Kier molecular flexibility index (Phi) is 7.89.